The van der Waals surface area contributed by atoms with Crippen molar-refractivity contribution in [3.8, 4) is 11.5 Å². The third-order valence-corrected chi connectivity index (χ3v) is 4.18. The maximum Gasteiger partial charge on any atom is 0.318 e. The number of carbonyl (C=O) groups excluding carboxylic acids is 1. The summed E-state index contributed by atoms with van der Waals surface area (Å²) in [4.78, 5) is 42.5. The Balaban J connectivity index is 1.64. The lowest BCUT2D eigenvalue weighted by atomic mass is 10.2. The second-order valence-electron chi connectivity index (χ2n) is 6.34. The molecular formula is C20H13N5O8. The number of nitro benzene ring substituents is 3. The van der Waals surface area contributed by atoms with E-state index in [-0.39, 0.29) is 22.7 Å². The lowest BCUT2D eigenvalue weighted by Crippen LogP contribution is -2.17. The molecule has 0 aromatic heterocycles. The number of rotatable bonds is 8. The molecule has 13 heteroatoms. The number of ether oxygens (including phenoxy) is 1. The standard InChI is InChI=1S/C20H13N5O8/c26-20(14-3-5-15(6-4-14)23(27)28)22-21-12-13-1-8-17(9-2-13)33-19-10-7-16(24(29)30)11-18(19)25(31)32/h1-12H,(H,22,26). The molecule has 0 spiro atoms. The van der Waals surface area contributed by atoms with Gasteiger partial charge in [0.25, 0.3) is 17.3 Å². The van der Waals surface area contributed by atoms with Crippen molar-refractivity contribution in [3.05, 3.63) is 108 Å². The van der Waals surface area contributed by atoms with Crippen molar-refractivity contribution in [1.82, 2.24) is 5.43 Å². The number of non-ortho nitro benzene ring substituents is 2. The summed E-state index contributed by atoms with van der Waals surface area (Å²) >= 11 is 0. The highest BCUT2D eigenvalue weighted by molar-refractivity contribution is 5.95. The minimum absolute atomic E-state index is 0.142. The molecule has 3 rings (SSSR count). The van der Waals surface area contributed by atoms with E-state index in [9.17, 15) is 35.1 Å². The van der Waals surface area contributed by atoms with Crippen molar-refractivity contribution >= 4 is 29.2 Å². The van der Waals surface area contributed by atoms with E-state index in [2.05, 4.69) is 10.5 Å². The topological polar surface area (TPSA) is 180 Å². The number of hydrogen-bond acceptors (Lipinski definition) is 9. The lowest BCUT2D eigenvalue weighted by molar-refractivity contribution is -0.394. The molecule has 13 nitrogen and oxygen atoms in total. The van der Waals surface area contributed by atoms with Gasteiger partial charge in [0.1, 0.15) is 5.75 Å². The van der Waals surface area contributed by atoms with Gasteiger partial charge >= 0.3 is 5.69 Å². The summed E-state index contributed by atoms with van der Waals surface area (Å²) in [7, 11) is 0. The van der Waals surface area contributed by atoms with Crippen molar-refractivity contribution < 1.29 is 24.3 Å². The number of benzene rings is 3. The fourth-order valence-electron chi connectivity index (χ4n) is 2.56. The van der Waals surface area contributed by atoms with Crippen LogP contribution in [0.2, 0.25) is 0 Å². The van der Waals surface area contributed by atoms with Gasteiger partial charge in [0.05, 0.1) is 27.1 Å². The maximum atomic E-state index is 12.0. The predicted molar refractivity (Wildman–Crippen MR) is 114 cm³/mol. The first kappa shape index (κ1) is 22.5. The highest BCUT2D eigenvalue weighted by atomic mass is 16.6. The Labute approximate surface area is 184 Å². The predicted octanol–water partition coefficient (Wildman–Crippen LogP) is 3.97. The fourth-order valence-corrected chi connectivity index (χ4v) is 2.56. The zero-order chi connectivity index (χ0) is 24.0. The van der Waals surface area contributed by atoms with Gasteiger partial charge in [0.15, 0.2) is 0 Å². The van der Waals surface area contributed by atoms with Crippen molar-refractivity contribution in [2.45, 2.75) is 0 Å². The SMILES string of the molecule is O=C(NN=Cc1ccc(Oc2ccc([N+](=O)[O-])cc2[N+](=O)[O-])cc1)c1ccc([N+](=O)[O-])cc1. The van der Waals surface area contributed by atoms with Gasteiger partial charge in [-0.05, 0) is 48.0 Å². The van der Waals surface area contributed by atoms with Gasteiger partial charge in [-0.3, -0.25) is 35.1 Å². The molecule has 0 atom stereocenters. The summed E-state index contributed by atoms with van der Waals surface area (Å²) in [5, 5.41) is 36.4. The van der Waals surface area contributed by atoms with Crippen LogP contribution in [0.5, 0.6) is 11.5 Å². The average Bonchev–Trinajstić information content (AvgIpc) is 2.80. The highest BCUT2D eigenvalue weighted by Crippen LogP contribution is 2.34. The third-order valence-electron chi connectivity index (χ3n) is 4.18. The van der Waals surface area contributed by atoms with Crippen LogP contribution in [0, 0.1) is 30.3 Å². The van der Waals surface area contributed by atoms with Crippen LogP contribution in [0.3, 0.4) is 0 Å². The van der Waals surface area contributed by atoms with Crippen LogP contribution < -0.4 is 10.2 Å². The van der Waals surface area contributed by atoms with Crippen LogP contribution in [0.1, 0.15) is 15.9 Å². The summed E-state index contributed by atoms with van der Waals surface area (Å²) in [5.74, 6) is -0.493. The molecule has 0 unspecified atom stereocenters. The van der Waals surface area contributed by atoms with Gasteiger partial charge in [0.2, 0.25) is 5.75 Å². The number of amides is 1. The molecule has 0 aliphatic heterocycles. The Bertz CT molecular complexity index is 1260. The molecule has 0 bridgehead atoms. The van der Waals surface area contributed by atoms with Crippen LogP contribution in [0.4, 0.5) is 17.1 Å². The molecule has 3 aromatic rings. The maximum absolute atomic E-state index is 12.0. The molecule has 0 aliphatic carbocycles. The van der Waals surface area contributed by atoms with E-state index >= 15 is 0 Å². The molecule has 0 radical (unpaired) electrons. The van der Waals surface area contributed by atoms with E-state index in [1.54, 1.807) is 12.1 Å². The molecule has 1 N–H and O–H groups in total. The first-order chi connectivity index (χ1) is 15.7. The van der Waals surface area contributed by atoms with Crippen molar-refractivity contribution in [3.63, 3.8) is 0 Å². The molecule has 0 fully saturated rings. The number of nitrogens with zero attached hydrogens (tertiary/aromatic N) is 4. The molecule has 1 amide bonds. The minimum Gasteiger partial charge on any atom is -0.450 e. The Morgan fingerprint density at radius 1 is 0.818 bits per heavy atom. The van der Waals surface area contributed by atoms with Crippen LogP contribution in [-0.2, 0) is 0 Å². The molecule has 3 aromatic carbocycles. The molecule has 0 heterocycles. The van der Waals surface area contributed by atoms with Gasteiger partial charge in [-0.1, -0.05) is 0 Å². The van der Waals surface area contributed by atoms with Crippen LogP contribution >= 0.6 is 0 Å². The minimum atomic E-state index is -0.781. The quantitative estimate of drug-likeness (QED) is 0.303. The Kier molecular flexibility index (Phi) is 6.64. The smallest absolute Gasteiger partial charge is 0.318 e. The number of carbonyl (C=O) groups is 1. The third kappa shape index (κ3) is 5.69. The first-order valence-electron chi connectivity index (χ1n) is 9.03. The first-order valence-corrected chi connectivity index (χ1v) is 9.03. The molecule has 166 valence electrons. The number of hydrogen-bond donors (Lipinski definition) is 1. The van der Waals surface area contributed by atoms with E-state index in [4.69, 9.17) is 4.74 Å². The van der Waals surface area contributed by atoms with E-state index in [1.165, 1.54) is 42.6 Å². The van der Waals surface area contributed by atoms with Gasteiger partial charge in [-0.15, -0.1) is 0 Å². The average molecular weight is 451 g/mol. The largest absolute Gasteiger partial charge is 0.450 e. The van der Waals surface area contributed by atoms with E-state index in [0.717, 1.165) is 18.2 Å². The van der Waals surface area contributed by atoms with Crippen molar-refractivity contribution in [1.29, 1.82) is 0 Å². The zero-order valence-electron chi connectivity index (χ0n) is 16.5. The Hall–Kier alpha value is -5.20. The summed E-state index contributed by atoms with van der Waals surface area (Å²) in [5.41, 5.74) is 1.90. The molecule has 0 aliphatic rings. The number of nitro groups is 3. The monoisotopic (exact) mass is 451 g/mol. The lowest BCUT2D eigenvalue weighted by Gasteiger charge is -2.06. The summed E-state index contributed by atoms with van der Waals surface area (Å²) in [6.45, 7) is 0. The van der Waals surface area contributed by atoms with Gasteiger partial charge in [-0.2, -0.15) is 5.10 Å². The zero-order valence-corrected chi connectivity index (χ0v) is 16.5. The number of nitrogens with one attached hydrogen (secondary N) is 1. The normalized spacial score (nSPS) is 10.5. The van der Waals surface area contributed by atoms with Crippen LogP contribution in [-0.4, -0.2) is 26.9 Å². The van der Waals surface area contributed by atoms with Gasteiger partial charge < -0.3 is 4.74 Å². The van der Waals surface area contributed by atoms with E-state index in [0.29, 0.717) is 5.56 Å². The molecule has 0 saturated heterocycles. The van der Waals surface area contributed by atoms with E-state index < -0.39 is 32.1 Å². The van der Waals surface area contributed by atoms with Gasteiger partial charge in [-0.25, -0.2) is 5.43 Å². The van der Waals surface area contributed by atoms with Crippen LogP contribution in [0.25, 0.3) is 0 Å². The Morgan fingerprint density at radius 3 is 2.00 bits per heavy atom. The highest BCUT2D eigenvalue weighted by Gasteiger charge is 2.21. The summed E-state index contributed by atoms with van der Waals surface area (Å²) in [6, 6.07) is 14.1. The fraction of sp³-hybridized carbons (Fsp3) is 0. The van der Waals surface area contributed by atoms with Crippen LogP contribution in [0.15, 0.2) is 71.8 Å². The van der Waals surface area contributed by atoms with Gasteiger partial charge in [0, 0.05) is 23.8 Å². The molecule has 33 heavy (non-hydrogen) atoms. The van der Waals surface area contributed by atoms with Crippen molar-refractivity contribution in [2.24, 2.45) is 5.10 Å². The van der Waals surface area contributed by atoms with E-state index in [1.807, 2.05) is 0 Å². The summed E-state index contributed by atoms with van der Waals surface area (Å²) in [6.07, 6.45) is 1.33. The second-order valence-corrected chi connectivity index (χ2v) is 6.34. The molecule has 0 saturated carbocycles. The Morgan fingerprint density at radius 2 is 1.42 bits per heavy atom. The second kappa shape index (κ2) is 9.74. The number of hydrazone groups is 1. The summed E-state index contributed by atoms with van der Waals surface area (Å²) < 4.78 is 5.46. The van der Waals surface area contributed by atoms with Crippen molar-refractivity contribution in [2.75, 3.05) is 0 Å². The molecular weight excluding hydrogens is 438 g/mol.